The van der Waals surface area contributed by atoms with Gasteiger partial charge in [0.2, 0.25) is 5.78 Å². The van der Waals surface area contributed by atoms with E-state index in [1.54, 1.807) is 0 Å². The zero-order valence-corrected chi connectivity index (χ0v) is 20.6. The van der Waals surface area contributed by atoms with Crippen LogP contribution in [0.4, 0.5) is 15.9 Å². The number of anilines is 2. The maximum Gasteiger partial charge on any atom is 0.340 e. The molecule has 0 fully saturated rings. The Labute approximate surface area is 205 Å². The molecule has 0 aliphatic rings. The molecule has 190 valence electrons. The predicted octanol–water partition coefficient (Wildman–Crippen LogP) is 1.34. The molecule has 1 unspecified atom stereocenters. The summed E-state index contributed by atoms with van der Waals surface area (Å²) in [6.07, 6.45) is -1.51. The number of nitrogens with one attached hydrogen (secondary N) is 1. The third kappa shape index (κ3) is 4.91. The number of esters is 1. The topological polar surface area (TPSA) is 160 Å². The molecule has 1 heterocycles. The molecular weight excluding hydrogens is 495 g/mol. The number of nitrogens with zero attached hydrogens (tertiary/aromatic N) is 2. The molecule has 36 heavy (non-hydrogen) atoms. The molecule has 3 aromatic rings. The van der Waals surface area contributed by atoms with Crippen molar-refractivity contribution in [3.8, 4) is 0 Å². The fourth-order valence-corrected chi connectivity index (χ4v) is 4.47. The number of nitrogen functional groups attached to an aromatic ring is 1. The summed E-state index contributed by atoms with van der Waals surface area (Å²) in [6.45, 7) is 2.61. The molecule has 0 aliphatic heterocycles. The SMILES string of the molecule is Cc1cc(S(=O)(=O)Nc2ccccc2C(=O)OC(C)C(=O)c2c(N)n(C)c(=O)n(C)c2=O)ccc1F. The van der Waals surface area contributed by atoms with Gasteiger partial charge in [-0.05, 0) is 49.7 Å². The van der Waals surface area contributed by atoms with E-state index in [0.29, 0.717) is 4.57 Å². The van der Waals surface area contributed by atoms with E-state index in [0.717, 1.165) is 22.8 Å². The normalized spacial score (nSPS) is 12.1. The van der Waals surface area contributed by atoms with Crippen LogP contribution in [0.2, 0.25) is 0 Å². The summed E-state index contributed by atoms with van der Waals surface area (Å²) >= 11 is 0. The van der Waals surface area contributed by atoms with Gasteiger partial charge in [0.05, 0.1) is 16.1 Å². The second-order valence-electron chi connectivity index (χ2n) is 7.94. The summed E-state index contributed by atoms with van der Waals surface area (Å²) in [7, 11) is -1.76. The van der Waals surface area contributed by atoms with E-state index in [2.05, 4.69) is 4.72 Å². The van der Waals surface area contributed by atoms with Crippen molar-refractivity contribution in [1.29, 1.82) is 0 Å². The third-order valence-corrected chi connectivity index (χ3v) is 6.80. The number of para-hydroxylation sites is 1. The molecule has 0 bridgehead atoms. The second kappa shape index (κ2) is 9.77. The molecule has 13 heteroatoms. The first-order valence-electron chi connectivity index (χ1n) is 10.4. The van der Waals surface area contributed by atoms with Gasteiger partial charge in [-0.25, -0.2) is 22.4 Å². The summed E-state index contributed by atoms with van der Waals surface area (Å²) in [6, 6.07) is 8.71. The molecular formula is C23H23FN4O7S. The molecule has 0 radical (unpaired) electrons. The lowest BCUT2D eigenvalue weighted by molar-refractivity contribution is 0.0319. The van der Waals surface area contributed by atoms with Gasteiger partial charge in [0.15, 0.2) is 6.10 Å². The van der Waals surface area contributed by atoms with Crippen LogP contribution in [-0.4, -0.2) is 35.4 Å². The zero-order valence-electron chi connectivity index (χ0n) is 19.7. The Bertz CT molecular complexity index is 1610. The molecule has 3 N–H and O–H groups in total. The maximum absolute atomic E-state index is 13.6. The van der Waals surface area contributed by atoms with Crippen molar-refractivity contribution in [1.82, 2.24) is 9.13 Å². The largest absolute Gasteiger partial charge is 0.451 e. The molecule has 11 nitrogen and oxygen atoms in total. The first-order chi connectivity index (χ1) is 16.8. The summed E-state index contributed by atoms with van der Waals surface area (Å²) in [4.78, 5) is 50.0. The minimum absolute atomic E-state index is 0.113. The number of sulfonamides is 1. The number of ether oxygens (including phenoxy) is 1. The molecule has 0 saturated heterocycles. The van der Waals surface area contributed by atoms with Gasteiger partial charge in [0.1, 0.15) is 17.2 Å². The number of hydrogen-bond donors (Lipinski definition) is 2. The minimum Gasteiger partial charge on any atom is -0.451 e. The van der Waals surface area contributed by atoms with Gasteiger partial charge in [-0.15, -0.1) is 0 Å². The van der Waals surface area contributed by atoms with Gasteiger partial charge >= 0.3 is 11.7 Å². The lowest BCUT2D eigenvalue weighted by Crippen LogP contribution is -2.43. The number of hydrogen-bond acceptors (Lipinski definition) is 8. The van der Waals surface area contributed by atoms with E-state index in [9.17, 15) is 32.0 Å². The molecule has 1 atom stereocenters. The summed E-state index contributed by atoms with van der Waals surface area (Å²) in [5.41, 5.74) is 3.31. The second-order valence-corrected chi connectivity index (χ2v) is 9.62. The number of Topliss-reactive ketones (excluding diaryl/α,β-unsaturated/α-hetero) is 1. The molecule has 0 saturated carbocycles. The van der Waals surface area contributed by atoms with Crippen LogP contribution < -0.4 is 21.7 Å². The highest BCUT2D eigenvalue weighted by molar-refractivity contribution is 7.92. The van der Waals surface area contributed by atoms with Crippen molar-refractivity contribution < 1.29 is 27.1 Å². The first kappa shape index (κ1) is 26.3. The Balaban J connectivity index is 1.89. The maximum atomic E-state index is 13.6. The van der Waals surface area contributed by atoms with E-state index >= 15 is 0 Å². The average Bonchev–Trinajstić information content (AvgIpc) is 2.83. The number of aryl methyl sites for hydroxylation is 1. The highest BCUT2D eigenvalue weighted by Crippen LogP contribution is 2.23. The lowest BCUT2D eigenvalue weighted by atomic mass is 10.1. The van der Waals surface area contributed by atoms with Gasteiger partial charge < -0.3 is 10.5 Å². The van der Waals surface area contributed by atoms with Gasteiger partial charge in [-0.3, -0.25) is 23.4 Å². The van der Waals surface area contributed by atoms with E-state index in [1.165, 1.54) is 52.2 Å². The Morgan fingerprint density at radius 1 is 1.08 bits per heavy atom. The smallest absolute Gasteiger partial charge is 0.340 e. The molecule has 2 aromatic carbocycles. The Kier molecular flexibility index (Phi) is 7.15. The minimum atomic E-state index is -4.21. The number of benzene rings is 2. The predicted molar refractivity (Wildman–Crippen MR) is 129 cm³/mol. The molecule has 0 amide bonds. The molecule has 0 aliphatic carbocycles. The van der Waals surface area contributed by atoms with Gasteiger partial charge in [-0.2, -0.15) is 0 Å². The van der Waals surface area contributed by atoms with Crippen molar-refractivity contribution in [3.05, 3.63) is 85.8 Å². The zero-order chi connectivity index (χ0) is 26.9. The van der Waals surface area contributed by atoms with E-state index in [4.69, 9.17) is 10.5 Å². The molecule has 3 rings (SSSR count). The summed E-state index contributed by atoms with van der Waals surface area (Å²) < 4.78 is 48.2. The Morgan fingerprint density at radius 3 is 2.36 bits per heavy atom. The molecule has 1 aromatic heterocycles. The number of aromatic nitrogens is 2. The van der Waals surface area contributed by atoms with E-state index in [1.807, 2.05) is 0 Å². The van der Waals surface area contributed by atoms with E-state index < -0.39 is 56.3 Å². The highest BCUT2D eigenvalue weighted by Gasteiger charge is 2.28. The van der Waals surface area contributed by atoms with Gasteiger partial charge in [0, 0.05) is 14.1 Å². The number of carbonyl (C=O) groups is 2. The Morgan fingerprint density at radius 2 is 1.72 bits per heavy atom. The number of halogens is 1. The van der Waals surface area contributed by atoms with Gasteiger partial charge in [-0.1, -0.05) is 12.1 Å². The number of carbonyl (C=O) groups excluding carboxylic acids is 2. The van der Waals surface area contributed by atoms with Crippen molar-refractivity contribution in [2.24, 2.45) is 14.1 Å². The highest BCUT2D eigenvalue weighted by atomic mass is 32.2. The van der Waals surface area contributed by atoms with Crippen LogP contribution in [0, 0.1) is 12.7 Å². The quantitative estimate of drug-likeness (QED) is 0.350. The fraction of sp³-hybridized carbons (Fsp3) is 0.217. The van der Waals surface area contributed by atoms with Crippen LogP contribution in [0.3, 0.4) is 0 Å². The third-order valence-electron chi connectivity index (χ3n) is 5.44. The van der Waals surface area contributed by atoms with Crippen LogP contribution in [0.5, 0.6) is 0 Å². The van der Waals surface area contributed by atoms with Crippen molar-refractivity contribution in [2.45, 2.75) is 24.8 Å². The van der Waals surface area contributed by atoms with E-state index in [-0.39, 0.29) is 21.7 Å². The number of rotatable bonds is 7. The van der Waals surface area contributed by atoms with Crippen molar-refractivity contribution in [3.63, 3.8) is 0 Å². The van der Waals surface area contributed by atoms with Crippen LogP contribution in [-0.2, 0) is 28.9 Å². The van der Waals surface area contributed by atoms with Gasteiger partial charge in [0.25, 0.3) is 15.6 Å². The summed E-state index contributed by atoms with van der Waals surface area (Å²) in [5, 5.41) is 0. The Hall–Kier alpha value is -4.26. The van der Waals surface area contributed by atoms with Crippen LogP contribution in [0.1, 0.15) is 33.2 Å². The summed E-state index contributed by atoms with van der Waals surface area (Å²) in [5.74, 6) is -2.98. The lowest BCUT2D eigenvalue weighted by Gasteiger charge is -2.17. The fourth-order valence-electron chi connectivity index (χ4n) is 3.31. The van der Waals surface area contributed by atoms with Crippen LogP contribution in [0.25, 0.3) is 0 Å². The van der Waals surface area contributed by atoms with Crippen molar-refractivity contribution >= 4 is 33.3 Å². The molecule has 0 spiro atoms. The monoisotopic (exact) mass is 518 g/mol. The first-order valence-corrected chi connectivity index (χ1v) is 11.9. The van der Waals surface area contributed by atoms with Crippen molar-refractivity contribution in [2.75, 3.05) is 10.5 Å². The number of nitrogens with two attached hydrogens (primary N) is 1. The van der Waals surface area contributed by atoms with Crippen LogP contribution >= 0.6 is 0 Å². The standard InChI is InChI=1S/C23H23FN4O7S/c1-12-11-14(9-10-16(12)24)36(33,34)26-17-8-6-5-7-15(17)22(31)35-13(2)19(29)18-20(25)27(3)23(32)28(4)21(18)30/h5-11,13,26H,25H2,1-4H3. The number of ketones is 1. The average molecular weight is 519 g/mol. The van der Waals surface area contributed by atoms with Crippen LogP contribution in [0.15, 0.2) is 56.9 Å².